The first-order valence-electron chi connectivity index (χ1n) is 6.22. The van der Waals surface area contributed by atoms with Crippen LogP contribution >= 0.6 is 0 Å². The number of hydrogen-bond acceptors (Lipinski definition) is 3. The Labute approximate surface area is 107 Å². The number of aliphatic hydroxyl groups is 1. The molecular weight excluding hydrogens is 228 g/mol. The maximum Gasteiger partial charge on any atom is 0.128 e. The second kappa shape index (κ2) is 6.21. The number of nitrogens with one attached hydrogen (secondary N) is 1. The molecule has 0 unspecified atom stereocenters. The minimum absolute atomic E-state index is 0.0359. The average Bonchev–Trinajstić information content (AvgIpc) is 2.88. The molecule has 0 aliphatic heterocycles. The molecule has 1 heterocycles. The van der Waals surface area contributed by atoms with Crippen LogP contribution in [0, 0.1) is 0 Å². The Balaban J connectivity index is 2.20. The zero-order valence-electron chi connectivity index (χ0n) is 10.5. The van der Waals surface area contributed by atoms with E-state index >= 15 is 0 Å². The lowest BCUT2D eigenvalue weighted by molar-refractivity contribution is 0.276. The minimum Gasteiger partial charge on any atom is -0.493 e. The third-order valence-corrected chi connectivity index (χ3v) is 2.72. The second-order valence-electron chi connectivity index (χ2n) is 4.13. The van der Waals surface area contributed by atoms with Crippen LogP contribution in [0.3, 0.4) is 0 Å². The van der Waals surface area contributed by atoms with E-state index in [9.17, 15) is 0 Å². The summed E-state index contributed by atoms with van der Waals surface area (Å²) in [5.74, 6) is 0.835. The van der Waals surface area contributed by atoms with E-state index < -0.39 is 0 Å². The van der Waals surface area contributed by atoms with Crippen molar-refractivity contribution in [2.75, 3.05) is 6.61 Å². The Kier molecular flexibility index (Phi) is 4.36. The molecular formula is C14H18N2O2. The highest BCUT2D eigenvalue weighted by Crippen LogP contribution is 2.28. The summed E-state index contributed by atoms with van der Waals surface area (Å²) in [6, 6.07) is 9.65. The van der Waals surface area contributed by atoms with Gasteiger partial charge in [-0.2, -0.15) is 5.10 Å². The third kappa shape index (κ3) is 2.90. The summed E-state index contributed by atoms with van der Waals surface area (Å²) in [7, 11) is 0. The molecule has 2 aromatic rings. The van der Waals surface area contributed by atoms with Crippen LogP contribution in [0.5, 0.6) is 5.75 Å². The lowest BCUT2D eigenvalue weighted by atomic mass is 10.1. The van der Waals surface area contributed by atoms with Crippen molar-refractivity contribution in [1.29, 1.82) is 0 Å². The topological polar surface area (TPSA) is 58.1 Å². The first kappa shape index (κ1) is 12.6. The monoisotopic (exact) mass is 246 g/mol. The Morgan fingerprint density at radius 1 is 1.33 bits per heavy atom. The van der Waals surface area contributed by atoms with Crippen molar-refractivity contribution < 1.29 is 9.84 Å². The number of aromatic amines is 1. The number of unbranched alkanes of at least 4 members (excludes halogenated alkanes) is 1. The van der Waals surface area contributed by atoms with E-state index in [1.807, 2.05) is 30.3 Å². The summed E-state index contributed by atoms with van der Waals surface area (Å²) < 4.78 is 5.76. The van der Waals surface area contributed by atoms with Crippen LogP contribution in [0.4, 0.5) is 0 Å². The van der Waals surface area contributed by atoms with Crippen molar-refractivity contribution in [3.8, 4) is 17.0 Å². The molecule has 0 spiro atoms. The van der Waals surface area contributed by atoms with Crippen LogP contribution in [-0.2, 0) is 6.61 Å². The highest BCUT2D eigenvalue weighted by atomic mass is 16.5. The Hall–Kier alpha value is -1.81. The van der Waals surface area contributed by atoms with E-state index in [1.165, 1.54) is 0 Å². The lowest BCUT2D eigenvalue weighted by Crippen LogP contribution is -1.98. The van der Waals surface area contributed by atoms with Crippen LogP contribution in [0.15, 0.2) is 30.3 Å². The highest BCUT2D eigenvalue weighted by molar-refractivity contribution is 5.67. The standard InChI is InChI=1S/C14H18N2O2/c1-2-3-8-18-14-7-5-4-6-12(14)13-9-11(10-17)15-16-13/h4-7,9,17H,2-3,8,10H2,1H3,(H,15,16). The van der Waals surface area contributed by atoms with Gasteiger partial charge in [0.2, 0.25) is 0 Å². The molecule has 0 aliphatic carbocycles. The van der Waals surface area contributed by atoms with Gasteiger partial charge in [0.1, 0.15) is 5.75 Å². The molecule has 0 amide bonds. The van der Waals surface area contributed by atoms with Gasteiger partial charge in [-0.1, -0.05) is 25.5 Å². The third-order valence-electron chi connectivity index (χ3n) is 2.72. The summed E-state index contributed by atoms with van der Waals surface area (Å²) in [5.41, 5.74) is 2.45. The SMILES string of the molecule is CCCCOc1ccccc1-c1cc(CO)[nH]n1. The molecule has 18 heavy (non-hydrogen) atoms. The summed E-state index contributed by atoms with van der Waals surface area (Å²) in [5, 5.41) is 16.0. The van der Waals surface area contributed by atoms with Gasteiger partial charge in [-0.15, -0.1) is 0 Å². The Morgan fingerprint density at radius 3 is 2.89 bits per heavy atom. The number of nitrogens with zero attached hydrogens (tertiary/aromatic N) is 1. The molecule has 0 bridgehead atoms. The van der Waals surface area contributed by atoms with Crippen molar-refractivity contribution in [2.24, 2.45) is 0 Å². The number of rotatable bonds is 6. The van der Waals surface area contributed by atoms with Gasteiger partial charge in [0.05, 0.1) is 24.6 Å². The molecule has 4 heteroatoms. The number of H-pyrrole nitrogens is 1. The molecule has 4 nitrogen and oxygen atoms in total. The number of ether oxygens (including phenoxy) is 1. The Bertz CT molecular complexity index is 494. The van der Waals surface area contributed by atoms with Gasteiger partial charge in [0.15, 0.2) is 0 Å². The van der Waals surface area contributed by atoms with Gasteiger partial charge in [-0.3, -0.25) is 5.10 Å². The Morgan fingerprint density at radius 2 is 2.17 bits per heavy atom. The van der Waals surface area contributed by atoms with E-state index in [0.29, 0.717) is 12.3 Å². The van der Waals surface area contributed by atoms with Crippen LogP contribution in [0.2, 0.25) is 0 Å². The van der Waals surface area contributed by atoms with E-state index in [2.05, 4.69) is 17.1 Å². The molecule has 0 atom stereocenters. The fourth-order valence-electron chi connectivity index (χ4n) is 1.71. The first-order valence-corrected chi connectivity index (χ1v) is 6.22. The molecule has 0 saturated carbocycles. The van der Waals surface area contributed by atoms with Gasteiger partial charge in [-0.05, 0) is 24.6 Å². The average molecular weight is 246 g/mol. The zero-order chi connectivity index (χ0) is 12.8. The quantitative estimate of drug-likeness (QED) is 0.770. The summed E-state index contributed by atoms with van der Waals surface area (Å²) in [6.07, 6.45) is 2.15. The molecule has 1 aromatic carbocycles. The van der Waals surface area contributed by atoms with E-state index in [-0.39, 0.29) is 6.61 Å². The fourth-order valence-corrected chi connectivity index (χ4v) is 1.71. The van der Waals surface area contributed by atoms with Crippen LogP contribution in [-0.4, -0.2) is 21.9 Å². The largest absolute Gasteiger partial charge is 0.493 e. The molecule has 0 aliphatic rings. The predicted molar refractivity (Wildman–Crippen MR) is 70.3 cm³/mol. The molecule has 0 saturated heterocycles. The minimum atomic E-state index is -0.0359. The molecule has 2 N–H and O–H groups in total. The number of hydrogen-bond donors (Lipinski definition) is 2. The predicted octanol–water partition coefficient (Wildman–Crippen LogP) is 2.75. The zero-order valence-corrected chi connectivity index (χ0v) is 10.5. The van der Waals surface area contributed by atoms with Gasteiger partial charge < -0.3 is 9.84 Å². The number of benzene rings is 1. The van der Waals surface area contributed by atoms with Gasteiger partial charge >= 0.3 is 0 Å². The van der Waals surface area contributed by atoms with Crippen molar-refractivity contribution in [2.45, 2.75) is 26.4 Å². The molecule has 0 fully saturated rings. The maximum atomic E-state index is 9.04. The number of aliphatic hydroxyl groups excluding tert-OH is 1. The number of para-hydroxylation sites is 1. The van der Waals surface area contributed by atoms with Crippen LogP contribution in [0.1, 0.15) is 25.5 Å². The maximum absolute atomic E-state index is 9.04. The fraction of sp³-hybridized carbons (Fsp3) is 0.357. The van der Waals surface area contributed by atoms with Crippen molar-refractivity contribution in [1.82, 2.24) is 10.2 Å². The van der Waals surface area contributed by atoms with Crippen molar-refractivity contribution >= 4 is 0 Å². The van der Waals surface area contributed by atoms with Crippen LogP contribution < -0.4 is 4.74 Å². The van der Waals surface area contributed by atoms with Crippen LogP contribution in [0.25, 0.3) is 11.3 Å². The smallest absolute Gasteiger partial charge is 0.128 e. The summed E-state index contributed by atoms with van der Waals surface area (Å²) in [6.45, 7) is 2.81. The summed E-state index contributed by atoms with van der Waals surface area (Å²) >= 11 is 0. The van der Waals surface area contributed by atoms with E-state index in [4.69, 9.17) is 9.84 Å². The van der Waals surface area contributed by atoms with E-state index in [1.54, 1.807) is 0 Å². The summed E-state index contributed by atoms with van der Waals surface area (Å²) in [4.78, 5) is 0. The molecule has 2 rings (SSSR count). The van der Waals surface area contributed by atoms with Gasteiger partial charge in [0.25, 0.3) is 0 Å². The first-order chi connectivity index (χ1) is 8.85. The molecule has 96 valence electrons. The highest BCUT2D eigenvalue weighted by Gasteiger charge is 2.09. The molecule has 0 radical (unpaired) electrons. The van der Waals surface area contributed by atoms with Crippen molar-refractivity contribution in [3.05, 3.63) is 36.0 Å². The van der Waals surface area contributed by atoms with Gasteiger partial charge in [0, 0.05) is 5.56 Å². The normalized spacial score (nSPS) is 10.6. The second-order valence-corrected chi connectivity index (χ2v) is 4.13. The van der Waals surface area contributed by atoms with E-state index in [0.717, 1.165) is 29.8 Å². The molecule has 1 aromatic heterocycles. The number of aromatic nitrogens is 2. The lowest BCUT2D eigenvalue weighted by Gasteiger charge is -2.09. The van der Waals surface area contributed by atoms with Crippen molar-refractivity contribution in [3.63, 3.8) is 0 Å². The van der Waals surface area contributed by atoms with Gasteiger partial charge in [-0.25, -0.2) is 0 Å².